The maximum Gasteiger partial charge on any atom is 0.106 e. The lowest BCUT2D eigenvalue weighted by molar-refractivity contribution is 1.61. The van der Waals surface area contributed by atoms with Crippen LogP contribution in [0.5, 0.6) is 0 Å². The van der Waals surface area contributed by atoms with Crippen LogP contribution in [0, 0.1) is 0 Å². The number of hydrogen-bond donors (Lipinski definition) is 0. The Bertz CT molecular complexity index is 1330. The molecule has 1 aliphatic heterocycles. The Labute approximate surface area is 215 Å². The molecule has 4 aromatic carbocycles. The summed E-state index contributed by atoms with van der Waals surface area (Å²) in [5.74, 6) is 0. The first kappa shape index (κ1) is 25.4. The molecular weight excluding hydrogens is 516 g/mol. The maximum absolute atomic E-state index is 5.77. The normalized spacial score (nSPS) is 29.9. The van der Waals surface area contributed by atoms with Crippen molar-refractivity contribution in [1.82, 2.24) is 0 Å². The summed E-state index contributed by atoms with van der Waals surface area (Å²) in [5.41, 5.74) is 0. The highest BCUT2D eigenvalue weighted by Crippen LogP contribution is 2.74. The van der Waals surface area contributed by atoms with E-state index in [4.69, 9.17) is 18.1 Å². The molecule has 184 valence electrons. The molecule has 0 N–H and O–H groups in total. The van der Waals surface area contributed by atoms with Crippen molar-refractivity contribution >= 4 is 50.0 Å². The van der Waals surface area contributed by atoms with Crippen molar-refractivity contribution in [1.29, 1.82) is 0 Å². The molecule has 0 bridgehead atoms. The van der Waals surface area contributed by atoms with Gasteiger partial charge in [0.05, 0.1) is 0 Å². The van der Waals surface area contributed by atoms with E-state index in [0.717, 1.165) is 0 Å². The predicted octanol–water partition coefficient (Wildman–Crippen LogP) is 8.29. The van der Waals surface area contributed by atoms with Gasteiger partial charge in [0.1, 0.15) is 28.8 Å². The zero-order valence-electron chi connectivity index (χ0n) is 21.1. The van der Waals surface area contributed by atoms with Gasteiger partial charge in [-0.25, -0.2) is 18.1 Å². The predicted molar refractivity (Wildman–Crippen MR) is 165 cm³/mol. The molecule has 0 spiro atoms. The summed E-state index contributed by atoms with van der Waals surface area (Å²) in [6.45, 7) is 9.00. The van der Waals surface area contributed by atoms with Gasteiger partial charge in [-0.3, -0.25) is 0 Å². The van der Waals surface area contributed by atoms with E-state index < -0.39 is 28.8 Å². The maximum atomic E-state index is 5.77. The molecule has 5 rings (SSSR count). The summed E-state index contributed by atoms with van der Waals surface area (Å²) >= 11 is 0. The van der Waals surface area contributed by atoms with Crippen molar-refractivity contribution < 1.29 is 0 Å². The van der Waals surface area contributed by atoms with Gasteiger partial charge in [-0.05, 0) is 26.7 Å². The molecule has 0 amide bonds. The van der Waals surface area contributed by atoms with Crippen LogP contribution in [0.3, 0.4) is 0 Å². The van der Waals surface area contributed by atoms with Crippen LogP contribution >= 0.6 is 28.8 Å². The molecule has 0 saturated heterocycles. The van der Waals surface area contributed by atoms with Gasteiger partial charge in [0, 0.05) is 21.2 Å². The average Bonchev–Trinajstić information content (AvgIpc) is 2.90. The summed E-state index contributed by atoms with van der Waals surface area (Å²) in [6.07, 6.45) is 0. The van der Waals surface area contributed by atoms with E-state index in [1.165, 1.54) is 21.2 Å². The van der Waals surface area contributed by atoms with Crippen LogP contribution in [0.25, 0.3) is 0 Å². The van der Waals surface area contributed by atoms with Crippen molar-refractivity contribution in [2.45, 2.75) is 0 Å². The van der Waals surface area contributed by atoms with E-state index in [9.17, 15) is 0 Å². The minimum atomic E-state index is -2.33. The van der Waals surface area contributed by atoms with Gasteiger partial charge in [0.25, 0.3) is 0 Å². The average molecular weight is 548 g/mol. The largest absolute Gasteiger partial charge is 0.232 e. The minimum absolute atomic E-state index is 1.18. The monoisotopic (exact) mass is 548 g/mol. The molecule has 4 nitrogen and oxygen atoms in total. The van der Waals surface area contributed by atoms with Crippen LogP contribution in [0.2, 0.25) is 0 Å². The van der Waals surface area contributed by atoms with E-state index in [2.05, 4.69) is 148 Å². The van der Waals surface area contributed by atoms with E-state index >= 15 is 0 Å². The van der Waals surface area contributed by atoms with Crippen molar-refractivity contribution in [3.63, 3.8) is 0 Å². The Morgan fingerprint density at radius 2 is 0.472 bits per heavy atom. The molecule has 0 fully saturated rings. The van der Waals surface area contributed by atoms with Crippen LogP contribution < -0.4 is 21.2 Å². The van der Waals surface area contributed by atoms with Gasteiger partial charge in [-0.2, -0.15) is 0 Å². The van der Waals surface area contributed by atoms with Crippen LogP contribution in [0.15, 0.2) is 139 Å². The van der Waals surface area contributed by atoms with E-state index in [1.807, 2.05) is 0 Å². The summed E-state index contributed by atoms with van der Waals surface area (Å²) in [6, 6.07) is 42.4. The Kier molecular flexibility index (Phi) is 7.02. The molecule has 0 radical (unpaired) electrons. The summed E-state index contributed by atoms with van der Waals surface area (Å²) in [7, 11) is -9.32. The van der Waals surface area contributed by atoms with Crippen molar-refractivity contribution in [3.05, 3.63) is 121 Å². The fourth-order valence-corrected chi connectivity index (χ4v) is 23.6. The highest BCUT2D eigenvalue weighted by molar-refractivity contribution is 7.93. The number of benzene rings is 4. The zero-order valence-corrected chi connectivity index (χ0v) is 24.7. The molecule has 0 saturated carbocycles. The van der Waals surface area contributed by atoms with Gasteiger partial charge in [-0.1, -0.05) is 121 Å². The molecule has 0 unspecified atom stereocenters. The molecule has 4 aromatic rings. The van der Waals surface area contributed by atoms with E-state index in [0.29, 0.717) is 0 Å². The Balaban J connectivity index is 1.96. The third kappa shape index (κ3) is 4.98. The smallest absolute Gasteiger partial charge is 0.106 e. The Hall–Kier alpha value is -2.20. The fourth-order valence-electron chi connectivity index (χ4n) is 4.68. The van der Waals surface area contributed by atoms with E-state index in [1.54, 1.807) is 0 Å². The molecule has 0 atom stereocenters. The first-order chi connectivity index (χ1) is 17.2. The molecule has 0 aromatic heterocycles. The van der Waals surface area contributed by atoms with Gasteiger partial charge in [-0.15, -0.1) is 0 Å². The second kappa shape index (κ2) is 9.93. The zero-order chi connectivity index (χ0) is 25.3. The second-order valence-electron chi connectivity index (χ2n) is 9.35. The summed E-state index contributed by atoms with van der Waals surface area (Å²) in [5, 5.41) is 4.73. The van der Waals surface area contributed by atoms with Gasteiger partial charge in [0.15, 0.2) is 0 Å². The van der Waals surface area contributed by atoms with Crippen molar-refractivity contribution in [2.24, 2.45) is 18.1 Å². The van der Waals surface area contributed by atoms with Gasteiger partial charge in [0.2, 0.25) is 0 Å². The quantitative estimate of drug-likeness (QED) is 0.231. The van der Waals surface area contributed by atoms with Crippen LogP contribution in [0.1, 0.15) is 0 Å². The molecule has 0 aliphatic carbocycles. The lowest BCUT2D eigenvalue weighted by Crippen LogP contribution is -2.11. The SMILES string of the molecule is CP1(c2ccccc2)=NP(C)(c2ccccc2)=NP(C)(c2ccccc2)=NP(C)(c2ccccc2)=N1. The fraction of sp³-hybridized carbons (Fsp3) is 0.143. The van der Waals surface area contributed by atoms with Gasteiger partial charge < -0.3 is 0 Å². The first-order valence-corrected chi connectivity index (χ1v) is 20.5. The lowest BCUT2D eigenvalue weighted by Gasteiger charge is -2.33. The molecule has 36 heavy (non-hydrogen) atoms. The van der Waals surface area contributed by atoms with E-state index in [-0.39, 0.29) is 0 Å². The van der Waals surface area contributed by atoms with Crippen LogP contribution in [0.4, 0.5) is 0 Å². The Morgan fingerprint density at radius 3 is 0.639 bits per heavy atom. The Morgan fingerprint density at radius 1 is 0.306 bits per heavy atom. The summed E-state index contributed by atoms with van der Waals surface area (Å²) < 4.78 is 23.1. The second-order valence-corrected chi connectivity index (χ2v) is 21.6. The topological polar surface area (TPSA) is 49.4 Å². The minimum Gasteiger partial charge on any atom is -0.232 e. The highest BCUT2D eigenvalue weighted by Gasteiger charge is 2.32. The van der Waals surface area contributed by atoms with Crippen LogP contribution in [-0.2, 0) is 0 Å². The lowest BCUT2D eigenvalue weighted by atomic mass is 10.4. The number of rotatable bonds is 4. The highest BCUT2D eigenvalue weighted by atomic mass is 31.3. The number of nitrogens with zero attached hydrogens (tertiary/aromatic N) is 4. The third-order valence-corrected chi connectivity index (χ3v) is 22.6. The first-order valence-electron chi connectivity index (χ1n) is 11.9. The molecule has 8 heteroatoms. The third-order valence-electron chi connectivity index (χ3n) is 6.37. The molecule has 1 heterocycles. The number of hydrogen-bond acceptors (Lipinski definition) is 4. The van der Waals surface area contributed by atoms with Crippen LogP contribution in [-0.4, -0.2) is 26.7 Å². The summed E-state index contributed by atoms with van der Waals surface area (Å²) in [4.78, 5) is 0. The molecule has 1 aliphatic rings. The van der Waals surface area contributed by atoms with Gasteiger partial charge >= 0.3 is 0 Å². The van der Waals surface area contributed by atoms with Crippen molar-refractivity contribution in [2.75, 3.05) is 26.7 Å². The standard InChI is InChI=1S/C28H32N4P4/c1-33(25-17-9-5-10-18-25)29-34(2,26-19-11-6-12-20-26)31-36(4,28-23-15-8-16-24-28)32-35(3,30-33)27-21-13-7-14-22-27/h5-24H,1-4H3. The molecular formula is C28H32N4P4. The van der Waals surface area contributed by atoms with Crippen molar-refractivity contribution in [3.8, 4) is 0 Å².